The van der Waals surface area contributed by atoms with Gasteiger partial charge in [0.15, 0.2) is 28.5 Å². The summed E-state index contributed by atoms with van der Waals surface area (Å²) < 4.78 is 22.3. The number of benzene rings is 3. The quantitative estimate of drug-likeness (QED) is 0.526. The number of ether oxygens (including phenoxy) is 4. The van der Waals surface area contributed by atoms with Crippen molar-refractivity contribution in [3.05, 3.63) is 76.9 Å². The van der Waals surface area contributed by atoms with Gasteiger partial charge >= 0.3 is 0 Å². The highest BCUT2D eigenvalue weighted by molar-refractivity contribution is 6.18. The highest BCUT2D eigenvalue weighted by Crippen LogP contribution is 2.57. The summed E-state index contributed by atoms with van der Waals surface area (Å²) in [7, 11) is 3.13. The lowest BCUT2D eigenvalue weighted by molar-refractivity contribution is -0.127. The third kappa shape index (κ3) is 3.08. The van der Waals surface area contributed by atoms with E-state index in [1.807, 2.05) is 69.3 Å². The molecule has 3 aliphatic heterocycles. The van der Waals surface area contributed by atoms with Gasteiger partial charge in [-0.2, -0.15) is 0 Å². The molecule has 2 amide bonds. The Kier molecular flexibility index (Phi) is 4.96. The number of anilines is 1. The second-order valence-corrected chi connectivity index (χ2v) is 10.4. The molecule has 0 aliphatic carbocycles. The maximum atomic E-state index is 14.7. The van der Waals surface area contributed by atoms with Crippen LogP contribution in [0.5, 0.6) is 23.0 Å². The number of hydrogen-bond donors (Lipinski definition) is 0. The molecule has 8 heteroatoms. The van der Waals surface area contributed by atoms with Crippen LogP contribution >= 0.6 is 0 Å². The fraction of sp³-hybridized carbons (Fsp3) is 0.310. The van der Waals surface area contributed by atoms with E-state index in [2.05, 4.69) is 0 Å². The molecular weight excluding hydrogens is 472 g/mol. The standard InChI is InChI=1S/C29H28N2O6/c1-28(2,3)31-21-14-24(35-5)23(34-4)13-20(21)29(27(31)33)19-9-7-6-8-18(19)26(32)30(29)15-17-10-11-22-25(12-17)37-16-36-22/h6-14H,15-16H2,1-5H3. The molecular formula is C29H28N2O6. The van der Waals surface area contributed by atoms with E-state index in [4.69, 9.17) is 18.9 Å². The molecule has 0 fully saturated rings. The van der Waals surface area contributed by atoms with Crippen molar-refractivity contribution < 1.29 is 28.5 Å². The average Bonchev–Trinajstić information content (AvgIpc) is 3.52. The van der Waals surface area contributed by atoms with E-state index in [1.54, 1.807) is 30.1 Å². The highest BCUT2D eigenvalue weighted by atomic mass is 16.7. The third-order valence-electron chi connectivity index (χ3n) is 7.29. The first-order chi connectivity index (χ1) is 17.7. The maximum absolute atomic E-state index is 14.7. The summed E-state index contributed by atoms with van der Waals surface area (Å²) in [5.41, 5.74) is 1.43. The minimum Gasteiger partial charge on any atom is -0.493 e. The number of carbonyl (C=O) groups excluding carboxylic acids is 2. The van der Waals surface area contributed by atoms with Crippen LogP contribution in [0.4, 0.5) is 5.69 Å². The average molecular weight is 501 g/mol. The third-order valence-corrected chi connectivity index (χ3v) is 7.29. The molecule has 0 bridgehead atoms. The molecule has 37 heavy (non-hydrogen) atoms. The van der Waals surface area contributed by atoms with Crippen LogP contribution in [-0.4, -0.2) is 43.3 Å². The van der Waals surface area contributed by atoms with Crippen LogP contribution in [0.2, 0.25) is 0 Å². The van der Waals surface area contributed by atoms with Gasteiger partial charge in [-0.05, 0) is 50.6 Å². The number of amides is 2. The molecule has 0 saturated heterocycles. The topological polar surface area (TPSA) is 77.5 Å². The van der Waals surface area contributed by atoms with E-state index in [0.717, 1.165) is 5.56 Å². The van der Waals surface area contributed by atoms with Crippen molar-refractivity contribution in [2.45, 2.75) is 38.4 Å². The molecule has 0 aromatic heterocycles. The van der Waals surface area contributed by atoms with E-state index >= 15 is 0 Å². The first kappa shape index (κ1) is 23.2. The zero-order valence-electron chi connectivity index (χ0n) is 21.5. The van der Waals surface area contributed by atoms with Crippen molar-refractivity contribution in [2.75, 3.05) is 25.9 Å². The number of nitrogens with zero attached hydrogens (tertiary/aromatic N) is 2. The molecule has 3 heterocycles. The van der Waals surface area contributed by atoms with E-state index in [9.17, 15) is 9.59 Å². The first-order valence-corrected chi connectivity index (χ1v) is 12.1. The molecule has 190 valence electrons. The Labute approximate surface area is 215 Å². The number of methoxy groups -OCH3 is 2. The van der Waals surface area contributed by atoms with Gasteiger partial charge in [-0.15, -0.1) is 0 Å². The SMILES string of the molecule is COc1cc2c(cc1OC)C1(C(=O)N2C(C)(C)C)c2ccccc2C(=O)N1Cc1ccc2c(c1)OCO2. The number of rotatable bonds is 4. The summed E-state index contributed by atoms with van der Waals surface area (Å²) in [6.07, 6.45) is 0. The Morgan fingerprint density at radius 3 is 2.32 bits per heavy atom. The lowest BCUT2D eigenvalue weighted by atomic mass is 9.83. The summed E-state index contributed by atoms with van der Waals surface area (Å²) in [5.74, 6) is 1.89. The number of fused-ring (bicyclic) bond motifs is 5. The summed E-state index contributed by atoms with van der Waals surface area (Å²) >= 11 is 0. The minimum atomic E-state index is -1.37. The largest absolute Gasteiger partial charge is 0.493 e. The fourth-order valence-corrected chi connectivity index (χ4v) is 5.76. The van der Waals surface area contributed by atoms with Crippen molar-refractivity contribution in [2.24, 2.45) is 0 Å². The summed E-state index contributed by atoms with van der Waals surface area (Å²) in [4.78, 5) is 32.2. The monoisotopic (exact) mass is 500 g/mol. The smallest absolute Gasteiger partial charge is 0.262 e. The van der Waals surface area contributed by atoms with Crippen molar-refractivity contribution in [1.29, 1.82) is 0 Å². The molecule has 1 unspecified atom stereocenters. The van der Waals surface area contributed by atoms with Gasteiger partial charge in [0.1, 0.15) is 0 Å². The zero-order valence-corrected chi connectivity index (χ0v) is 21.5. The Bertz CT molecular complexity index is 1460. The maximum Gasteiger partial charge on any atom is 0.262 e. The van der Waals surface area contributed by atoms with Gasteiger partial charge in [0.05, 0.1) is 19.9 Å². The Hall–Kier alpha value is -4.20. The van der Waals surface area contributed by atoms with Crippen molar-refractivity contribution in [3.63, 3.8) is 0 Å². The van der Waals surface area contributed by atoms with E-state index in [-0.39, 0.29) is 25.2 Å². The Balaban J connectivity index is 1.62. The predicted octanol–water partition coefficient (Wildman–Crippen LogP) is 4.48. The first-order valence-electron chi connectivity index (χ1n) is 12.1. The molecule has 0 radical (unpaired) electrons. The lowest BCUT2D eigenvalue weighted by Gasteiger charge is -2.38. The van der Waals surface area contributed by atoms with Crippen LogP contribution in [0, 0.1) is 0 Å². The summed E-state index contributed by atoms with van der Waals surface area (Å²) in [6, 6.07) is 16.6. The van der Waals surface area contributed by atoms with Gasteiger partial charge in [-0.1, -0.05) is 24.3 Å². The molecule has 3 aromatic rings. The van der Waals surface area contributed by atoms with Gasteiger partial charge < -0.3 is 28.7 Å². The van der Waals surface area contributed by atoms with Gasteiger partial charge in [-0.3, -0.25) is 9.59 Å². The summed E-state index contributed by atoms with van der Waals surface area (Å²) in [6.45, 7) is 6.30. The zero-order chi connectivity index (χ0) is 26.1. The molecule has 3 aromatic carbocycles. The molecule has 8 nitrogen and oxygen atoms in total. The Morgan fingerprint density at radius 1 is 0.892 bits per heavy atom. The van der Waals surface area contributed by atoms with Gasteiger partial charge in [0, 0.05) is 34.8 Å². The van der Waals surface area contributed by atoms with Crippen LogP contribution in [0.1, 0.15) is 47.8 Å². The molecule has 1 spiro atoms. The van der Waals surface area contributed by atoms with E-state index in [0.29, 0.717) is 45.4 Å². The van der Waals surface area contributed by atoms with Crippen molar-refractivity contribution in [3.8, 4) is 23.0 Å². The Morgan fingerprint density at radius 2 is 1.59 bits per heavy atom. The second kappa shape index (κ2) is 7.90. The second-order valence-electron chi connectivity index (χ2n) is 10.4. The van der Waals surface area contributed by atoms with Crippen LogP contribution in [0.3, 0.4) is 0 Å². The van der Waals surface area contributed by atoms with Crippen LogP contribution in [0.15, 0.2) is 54.6 Å². The van der Waals surface area contributed by atoms with Gasteiger partial charge in [0.25, 0.3) is 11.8 Å². The molecule has 3 aliphatic rings. The van der Waals surface area contributed by atoms with Gasteiger partial charge in [0.2, 0.25) is 6.79 Å². The number of carbonyl (C=O) groups is 2. The lowest BCUT2D eigenvalue weighted by Crippen LogP contribution is -2.55. The fourth-order valence-electron chi connectivity index (χ4n) is 5.76. The number of hydrogen-bond acceptors (Lipinski definition) is 6. The van der Waals surface area contributed by atoms with Crippen molar-refractivity contribution in [1.82, 2.24) is 4.90 Å². The molecule has 0 N–H and O–H groups in total. The molecule has 1 atom stereocenters. The van der Waals surface area contributed by atoms with Crippen LogP contribution in [-0.2, 0) is 16.9 Å². The summed E-state index contributed by atoms with van der Waals surface area (Å²) in [5, 5.41) is 0. The normalized spacial score (nSPS) is 19.5. The molecule has 0 saturated carbocycles. The minimum absolute atomic E-state index is 0.158. The van der Waals surface area contributed by atoms with Crippen molar-refractivity contribution >= 4 is 17.5 Å². The van der Waals surface area contributed by atoms with E-state index in [1.165, 1.54) is 0 Å². The molecule has 6 rings (SSSR count). The van der Waals surface area contributed by atoms with E-state index < -0.39 is 11.1 Å². The predicted molar refractivity (Wildman–Crippen MR) is 136 cm³/mol. The highest BCUT2D eigenvalue weighted by Gasteiger charge is 2.64. The van der Waals surface area contributed by atoms with Crippen LogP contribution in [0.25, 0.3) is 0 Å². The van der Waals surface area contributed by atoms with Gasteiger partial charge in [-0.25, -0.2) is 0 Å². The van der Waals surface area contributed by atoms with Crippen LogP contribution < -0.4 is 23.8 Å².